The molecular formula is C58H101N2O6P. The molecule has 0 saturated carbocycles. The minimum Gasteiger partial charge on any atom is -0.756 e. The third kappa shape index (κ3) is 50.9. The van der Waals surface area contributed by atoms with E-state index in [1.807, 2.05) is 39.4 Å². The highest BCUT2D eigenvalue weighted by Gasteiger charge is 2.23. The lowest BCUT2D eigenvalue weighted by atomic mass is 10.0. The maximum Gasteiger partial charge on any atom is 0.268 e. The molecule has 2 N–H and O–H groups in total. The number of hydrogen-bond acceptors (Lipinski definition) is 6. The molecular weight excluding hydrogens is 852 g/mol. The number of likely N-dealkylation sites (N-methyl/N-ethyl adjacent to an activating group) is 1. The van der Waals surface area contributed by atoms with Gasteiger partial charge in [-0.15, -0.1) is 0 Å². The minimum absolute atomic E-state index is 0.0287. The van der Waals surface area contributed by atoms with Crippen LogP contribution >= 0.6 is 7.82 Å². The zero-order valence-electron chi connectivity index (χ0n) is 43.6. The second kappa shape index (κ2) is 48.2. The molecule has 384 valence electrons. The third-order valence-electron chi connectivity index (χ3n) is 11.2. The van der Waals surface area contributed by atoms with Crippen LogP contribution in [0.4, 0.5) is 0 Å². The quantitative estimate of drug-likeness (QED) is 0.0272. The largest absolute Gasteiger partial charge is 0.756 e. The fourth-order valence-electron chi connectivity index (χ4n) is 7.03. The number of carbonyl (C=O) groups excluding carboxylic acids is 1. The van der Waals surface area contributed by atoms with Crippen LogP contribution < -0.4 is 10.2 Å². The van der Waals surface area contributed by atoms with Crippen molar-refractivity contribution < 1.29 is 32.9 Å². The molecule has 3 unspecified atom stereocenters. The van der Waals surface area contributed by atoms with Crippen molar-refractivity contribution in [3.05, 3.63) is 109 Å². The Kier molecular flexibility index (Phi) is 46.2. The predicted molar refractivity (Wildman–Crippen MR) is 288 cm³/mol. The molecule has 0 aliphatic rings. The van der Waals surface area contributed by atoms with Crippen LogP contribution in [0.5, 0.6) is 0 Å². The predicted octanol–water partition coefficient (Wildman–Crippen LogP) is 15.4. The van der Waals surface area contributed by atoms with Crippen LogP contribution in [0.2, 0.25) is 0 Å². The van der Waals surface area contributed by atoms with Gasteiger partial charge in [0.2, 0.25) is 5.91 Å². The van der Waals surface area contributed by atoms with Gasteiger partial charge in [0, 0.05) is 6.42 Å². The van der Waals surface area contributed by atoms with Crippen molar-refractivity contribution in [2.75, 3.05) is 40.9 Å². The Morgan fingerprint density at radius 1 is 0.537 bits per heavy atom. The molecule has 1 amide bonds. The summed E-state index contributed by atoms with van der Waals surface area (Å²) < 4.78 is 23.2. The number of aliphatic hydroxyl groups is 1. The fourth-order valence-corrected chi connectivity index (χ4v) is 7.75. The van der Waals surface area contributed by atoms with Gasteiger partial charge in [-0.3, -0.25) is 9.36 Å². The van der Waals surface area contributed by atoms with Crippen LogP contribution in [0.15, 0.2) is 109 Å². The number of phosphoric acid groups is 1. The molecule has 0 aromatic heterocycles. The van der Waals surface area contributed by atoms with Gasteiger partial charge in [-0.2, -0.15) is 0 Å². The lowest BCUT2D eigenvalue weighted by Crippen LogP contribution is -2.45. The first-order valence-electron chi connectivity index (χ1n) is 26.7. The molecule has 67 heavy (non-hydrogen) atoms. The van der Waals surface area contributed by atoms with E-state index >= 15 is 0 Å². The lowest BCUT2D eigenvalue weighted by Gasteiger charge is -2.29. The fraction of sp³-hybridized carbons (Fsp3) is 0.672. The van der Waals surface area contributed by atoms with Gasteiger partial charge in [0.05, 0.1) is 39.9 Å². The van der Waals surface area contributed by atoms with Crippen LogP contribution in [-0.4, -0.2) is 68.5 Å². The van der Waals surface area contributed by atoms with Crippen molar-refractivity contribution in [3.63, 3.8) is 0 Å². The van der Waals surface area contributed by atoms with Gasteiger partial charge in [0.1, 0.15) is 13.2 Å². The molecule has 9 heteroatoms. The van der Waals surface area contributed by atoms with Gasteiger partial charge < -0.3 is 28.8 Å². The highest BCUT2D eigenvalue weighted by atomic mass is 31.2. The van der Waals surface area contributed by atoms with Gasteiger partial charge in [-0.05, 0) is 83.5 Å². The summed E-state index contributed by atoms with van der Waals surface area (Å²) in [4.78, 5) is 25.4. The average molecular weight is 953 g/mol. The second-order valence-corrected chi connectivity index (χ2v) is 20.2. The van der Waals surface area contributed by atoms with Gasteiger partial charge >= 0.3 is 0 Å². The number of aliphatic hydroxyl groups excluding tert-OH is 1. The summed E-state index contributed by atoms with van der Waals surface area (Å²) in [5.74, 6) is -0.297. The molecule has 0 saturated heterocycles. The Hall–Kier alpha value is -2.84. The smallest absolute Gasteiger partial charge is 0.268 e. The Labute approximate surface area is 412 Å². The summed E-state index contributed by atoms with van der Waals surface area (Å²) >= 11 is 0. The number of quaternary nitrogens is 1. The molecule has 0 spiro atoms. The zero-order chi connectivity index (χ0) is 49.2. The summed E-state index contributed by atoms with van der Waals surface area (Å²) in [5.41, 5.74) is 0. The number of carbonyl (C=O) groups is 1. The minimum atomic E-state index is -4.63. The van der Waals surface area contributed by atoms with E-state index in [1.165, 1.54) is 109 Å². The molecule has 0 radical (unpaired) electrons. The highest BCUT2D eigenvalue weighted by molar-refractivity contribution is 7.45. The lowest BCUT2D eigenvalue weighted by molar-refractivity contribution is -0.870. The molecule has 0 aliphatic heterocycles. The van der Waals surface area contributed by atoms with E-state index in [-0.39, 0.29) is 18.9 Å². The third-order valence-corrected chi connectivity index (χ3v) is 12.2. The zero-order valence-corrected chi connectivity index (χ0v) is 44.5. The number of phosphoric ester groups is 1. The summed E-state index contributed by atoms with van der Waals surface area (Å²) in [5, 5.41) is 13.8. The van der Waals surface area contributed by atoms with E-state index in [4.69, 9.17) is 9.05 Å². The van der Waals surface area contributed by atoms with Gasteiger partial charge in [-0.25, -0.2) is 0 Å². The number of nitrogens with zero attached hydrogens (tertiary/aromatic N) is 1. The first kappa shape index (κ1) is 64.2. The molecule has 0 bridgehead atoms. The number of allylic oxidation sites excluding steroid dienone is 17. The van der Waals surface area contributed by atoms with Crippen LogP contribution in [-0.2, 0) is 18.4 Å². The van der Waals surface area contributed by atoms with E-state index < -0.39 is 26.6 Å². The maximum absolute atomic E-state index is 12.9. The SMILES string of the molecule is CC/C=C\C/C=C\C/C=C\C/C=C\C/C=C\C/C=C\CCC(=O)NC(COP(=O)([O-])OCC[N+](C)(C)C)C(O)/C=C/CC/C=C/CC/C=C/CCCCCCCCCCCCCCCCCC. The molecule has 0 heterocycles. The van der Waals surface area contributed by atoms with Crippen molar-refractivity contribution in [2.24, 2.45) is 0 Å². The van der Waals surface area contributed by atoms with E-state index in [1.54, 1.807) is 6.08 Å². The van der Waals surface area contributed by atoms with E-state index in [0.29, 0.717) is 23.9 Å². The molecule has 0 aromatic carbocycles. The standard InChI is InChI=1S/C58H101N2O6P/c1-6-8-10-12-14-16-18-20-22-24-26-27-28-29-30-31-32-34-35-37-39-41-43-45-47-49-51-57(61)56(55-66-67(63,64)65-54-53-60(3,4)5)59-58(62)52-50-48-46-44-42-40-38-36-33-25-23-21-19-17-15-13-11-9-7-2/h9,11,15,17,21,23,33-36,40-43,46,48-49,51,56-57,61H,6-8,10,12-14,16,18-20,22,24-32,37-39,44-45,47,50,52-55H2,1-5H3,(H-,59,62,63,64)/b11-9-,17-15-,23-21-,35-34+,36-33-,42-40-,43-41+,48-46-,51-49+. The van der Waals surface area contributed by atoms with Gasteiger partial charge in [-0.1, -0.05) is 220 Å². The molecule has 0 aliphatic carbocycles. The summed E-state index contributed by atoms with van der Waals surface area (Å²) in [6.07, 6.45) is 70.4. The Balaban J connectivity index is 4.46. The Morgan fingerprint density at radius 2 is 0.925 bits per heavy atom. The Bertz CT molecular complexity index is 1450. The number of unbranched alkanes of at least 4 members (excludes halogenated alkanes) is 18. The monoisotopic (exact) mass is 953 g/mol. The van der Waals surface area contributed by atoms with Crippen molar-refractivity contribution in [3.8, 4) is 0 Å². The molecule has 0 fully saturated rings. The van der Waals surface area contributed by atoms with Crippen LogP contribution in [0.1, 0.15) is 200 Å². The summed E-state index contributed by atoms with van der Waals surface area (Å²) in [7, 11) is 1.17. The first-order valence-corrected chi connectivity index (χ1v) is 28.2. The van der Waals surface area contributed by atoms with E-state index in [2.05, 4.69) is 104 Å². The topological polar surface area (TPSA) is 108 Å². The summed E-state index contributed by atoms with van der Waals surface area (Å²) in [6.45, 7) is 4.44. The number of hydrogen-bond donors (Lipinski definition) is 2. The Morgan fingerprint density at radius 3 is 1.37 bits per heavy atom. The van der Waals surface area contributed by atoms with E-state index in [0.717, 1.165) is 57.8 Å². The first-order chi connectivity index (χ1) is 32.5. The van der Waals surface area contributed by atoms with Crippen molar-refractivity contribution in [1.82, 2.24) is 5.32 Å². The molecule has 8 nitrogen and oxygen atoms in total. The maximum atomic E-state index is 12.9. The van der Waals surface area contributed by atoms with Crippen molar-refractivity contribution >= 4 is 13.7 Å². The average Bonchev–Trinajstić information content (AvgIpc) is 3.29. The van der Waals surface area contributed by atoms with Gasteiger partial charge in [0.25, 0.3) is 7.82 Å². The molecule has 0 aromatic rings. The van der Waals surface area contributed by atoms with Crippen LogP contribution in [0.3, 0.4) is 0 Å². The molecule has 3 atom stereocenters. The number of amides is 1. The van der Waals surface area contributed by atoms with E-state index in [9.17, 15) is 19.4 Å². The van der Waals surface area contributed by atoms with Crippen LogP contribution in [0.25, 0.3) is 0 Å². The molecule has 0 rings (SSSR count). The number of rotatable bonds is 47. The summed E-state index contributed by atoms with van der Waals surface area (Å²) in [6, 6.07) is -0.958. The highest BCUT2D eigenvalue weighted by Crippen LogP contribution is 2.38. The van der Waals surface area contributed by atoms with Gasteiger partial charge in [0.15, 0.2) is 0 Å². The van der Waals surface area contributed by atoms with Crippen molar-refractivity contribution in [1.29, 1.82) is 0 Å². The van der Waals surface area contributed by atoms with Crippen LogP contribution in [0, 0.1) is 0 Å². The normalized spacial score (nSPS) is 14.9. The van der Waals surface area contributed by atoms with Crippen molar-refractivity contribution in [2.45, 2.75) is 212 Å². The number of nitrogens with one attached hydrogen (secondary N) is 1. The second-order valence-electron chi connectivity index (χ2n) is 18.8.